The monoisotopic (exact) mass is 419 g/mol. The summed E-state index contributed by atoms with van der Waals surface area (Å²) in [5.74, 6) is -0.720. The van der Waals surface area contributed by atoms with Crippen LogP contribution in [0.25, 0.3) is 11.0 Å². The molecule has 0 unspecified atom stereocenters. The smallest absolute Gasteiger partial charge is 0.260 e. The number of nitrogens with one attached hydrogen (secondary N) is 1. The van der Waals surface area contributed by atoms with E-state index in [2.05, 4.69) is 26.2 Å². The molecule has 3 rings (SSSR count). The van der Waals surface area contributed by atoms with E-state index in [-0.39, 0.29) is 5.56 Å². The van der Waals surface area contributed by atoms with Gasteiger partial charge in [-0.2, -0.15) is 0 Å². The number of fused-ring (bicyclic) bond motifs is 1. The molecule has 0 saturated heterocycles. The van der Waals surface area contributed by atoms with E-state index in [4.69, 9.17) is 4.74 Å². The first-order valence-electron chi connectivity index (χ1n) is 8.39. The molecule has 1 N–H and O–H groups in total. The average Bonchev–Trinajstić information content (AvgIpc) is 2.98. The Kier molecular flexibility index (Phi) is 6.00. The highest BCUT2D eigenvalue weighted by Crippen LogP contribution is 2.22. The third-order valence-corrected chi connectivity index (χ3v) is 4.42. The topological polar surface area (TPSA) is 56.1 Å². The van der Waals surface area contributed by atoms with Gasteiger partial charge in [0, 0.05) is 24.2 Å². The van der Waals surface area contributed by atoms with Crippen molar-refractivity contribution >= 4 is 38.8 Å². The first kappa shape index (κ1) is 18.5. The van der Waals surface area contributed by atoms with Crippen LogP contribution >= 0.6 is 15.9 Å². The molecule has 1 amide bonds. The van der Waals surface area contributed by atoms with Crippen LogP contribution in [0.15, 0.2) is 46.9 Å². The Bertz CT molecular complexity index is 926. The van der Waals surface area contributed by atoms with Gasteiger partial charge >= 0.3 is 0 Å². The van der Waals surface area contributed by atoms with Crippen molar-refractivity contribution in [3.8, 4) is 0 Å². The van der Waals surface area contributed by atoms with Gasteiger partial charge in [-0.15, -0.1) is 0 Å². The number of aromatic nitrogens is 2. The van der Waals surface area contributed by atoms with Gasteiger partial charge in [0.1, 0.15) is 5.82 Å². The van der Waals surface area contributed by atoms with Crippen molar-refractivity contribution in [1.29, 1.82) is 0 Å². The minimum absolute atomic E-state index is 0.0349. The van der Waals surface area contributed by atoms with E-state index in [1.165, 1.54) is 12.1 Å². The number of nitrogens with zero attached hydrogens (tertiary/aromatic N) is 2. The second kappa shape index (κ2) is 8.42. The SMILES string of the molecule is CCOCCCn1c(NC(=O)c2cc(Br)ccc2F)nc2ccccc21. The van der Waals surface area contributed by atoms with Gasteiger partial charge in [-0.25, -0.2) is 9.37 Å². The highest BCUT2D eigenvalue weighted by Gasteiger charge is 2.17. The molecule has 2 aromatic carbocycles. The van der Waals surface area contributed by atoms with Crippen LogP contribution in [0.5, 0.6) is 0 Å². The summed E-state index contributed by atoms with van der Waals surface area (Å²) < 4.78 is 21.9. The minimum atomic E-state index is -0.579. The molecule has 0 spiro atoms. The number of ether oxygens (including phenoxy) is 1. The van der Waals surface area contributed by atoms with Crippen molar-refractivity contribution in [3.63, 3.8) is 0 Å². The fourth-order valence-corrected chi connectivity index (χ4v) is 3.07. The molecule has 5 nitrogen and oxygen atoms in total. The van der Waals surface area contributed by atoms with Crippen molar-refractivity contribution in [2.24, 2.45) is 0 Å². The lowest BCUT2D eigenvalue weighted by Crippen LogP contribution is -2.18. The quantitative estimate of drug-likeness (QED) is 0.568. The van der Waals surface area contributed by atoms with Gasteiger partial charge in [0.15, 0.2) is 0 Å². The highest BCUT2D eigenvalue weighted by molar-refractivity contribution is 9.10. The number of anilines is 1. The Morgan fingerprint density at radius 2 is 2.12 bits per heavy atom. The van der Waals surface area contributed by atoms with E-state index in [0.29, 0.717) is 30.2 Å². The molecular formula is C19H19BrFN3O2. The average molecular weight is 420 g/mol. The number of imidazole rings is 1. The Morgan fingerprint density at radius 1 is 1.31 bits per heavy atom. The van der Waals surface area contributed by atoms with Gasteiger partial charge in [-0.1, -0.05) is 28.1 Å². The van der Waals surface area contributed by atoms with Gasteiger partial charge in [0.25, 0.3) is 5.91 Å². The van der Waals surface area contributed by atoms with E-state index in [9.17, 15) is 9.18 Å². The van der Waals surface area contributed by atoms with E-state index >= 15 is 0 Å². The van der Waals surface area contributed by atoms with Crippen molar-refractivity contribution in [2.75, 3.05) is 18.5 Å². The first-order valence-corrected chi connectivity index (χ1v) is 9.19. The molecule has 3 aromatic rings. The molecule has 0 bridgehead atoms. The third-order valence-electron chi connectivity index (χ3n) is 3.93. The van der Waals surface area contributed by atoms with Gasteiger partial charge in [-0.3, -0.25) is 10.1 Å². The molecule has 0 radical (unpaired) electrons. The maximum absolute atomic E-state index is 14.0. The molecule has 0 saturated carbocycles. The molecular weight excluding hydrogens is 401 g/mol. The maximum atomic E-state index is 14.0. The Balaban J connectivity index is 1.88. The molecule has 0 aliphatic carbocycles. The Morgan fingerprint density at radius 3 is 2.92 bits per heavy atom. The normalized spacial score (nSPS) is 11.0. The van der Waals surface area contributed by atoms with Crippen LogP contribution < -0.4 is 5.32 Å². The summed E-state index contributed by atoms with van der Waals surface area (Å²) in [5, 5.41) is 2.74. The number of rotatable bonds is 7. The predicted octanol–water partition coefficient (Wildman–Crippen LogP) is 4.62. The molecule has 0 aliphatic rings. The summed E-state index contributed by atoms with van der Waals surface area (Å²) in [6.45, 7) is 3.87. The largest absolute Gasteiger partial charge is 0.382 e. The second-order valence-corrected chi connectivity index (χ2v) is 6.62. The van der Waals surface area contributed by atoms with E-state index < -0.39 is 11.7 Å². The second-order valence-electron chi connectivity index (χ2n) is 5.70. The summed E-state index contributed by atoms with van der Waals surface area (Å²) in [6, 6.07) is 11.9. The minimum Gasteiger partial charge on any atom is -0.382 e. The van der Waals surface area contributed by atoms with Gasteiger partial charge < -0.3 is 9.30 Å². The molecule has 0 fully saturated rings. The van der Waals surface area contributed by atoms with Crippen molar-refractivity contribution in [2.45, 2.75) is 19.9 Å². The maximum Gasteiger partial charge on any atom is 0.260 e. The molecule has 1 heterocycles. The molecule has 1 aromatic heterocycles. The van der Waals surface area contributed by atoms with E-state index in [0.717, 1.165) is 17.5 Å². The molecule has 136 valence electrons. The Hall–Kier alpha value is -2.25. The molecule has 26 heavy (non-hydrogen) atoms. The number of aryl methyl sites for hydroxylation is 1. The number of benzene rings is 2. The number of hydrogen-bond donors (Lipinski definition) is 1. The fraction of sp³-hybridized carbons (Fsp3) is 0.263. The zero-order chi connectivity index (χ0) is 18.5. The van der Waals surface area contributed by atoms with Gasteiger partial charge in [0.2, 0.25) is 5.95 Å². The highest BCUT2D eigenvalue weighted by atomic mass is 79.9. The van der Waals surface area contributed by atoms with Crippen molar-refractivity contribution in [3.05, 3.63) is 58.3 Å². The van der Waals surface area contributed by atoms with Crippen LogP contribution in [0.4, 0.5) is 10.3 Å². The van der Waals surface area contributed by atoms with E-state index in [1.54, 1.807) is 6.07 Å². The number of halogens is 2. The summed E-state index contributed by atoms with van der Waals surface area (Å²) in [5.41, 5.74) is 1.65. The van der Waals surface area contributed by atoms with E-state index in [1.807, 2.05) is 35.8 Å². The van der Waals surface area contributed by atoms with Crippen LogP contribution in [-0.4, -0.2) is 28.7 Å². The summed E-state index contributed by atoms with van der Waals surface area (Å²) in [7, 11) is 0. The predicted molar refractivity (Wildman–Crippen MR) is 103 cm³/mol. The lowest BCUT2D eigenvalue weighted by Gasteiger charge is -2.11. The Labute approximate surface area is 159 Å². The number of hydrogen-bond acceptors (Lipinski definition) is 3. The number of carbonyl (C=O) groups is 1. The summed E-state index contributed by atoms with van der Waals surface area (Å²) >= 11 is 3.26. The van der Waals surface area contributed by atoms with Crippen LogP contribution in [-0.2, 0) is 11.3 Å². The van der Waals surface area contributed by atoms with Crippen LogP contribution in [0.1, 0.15) is 23.7 Å². The molecule has 7 heteroatoms. The lowest BCUT2D eigenvalue weighted by molar-refractivity contribution is 0.102. The van der Waals surface area contributed by atoms with Crippen LogP contribution in [0, 0.1) is 5.82 Å². The summed E-state index contributed by atoms with van der Waals surface area (Å²) in [4.78, 5) is 17.0. The van der Waals surface area contributed by atoms with Crippen LogP contribution in [0.3, 0.4) is 0 Å². The summed E-state index contributed by atoms with van der Waals surface area (Å²) in [6.07, 6.45) is 0.780. The first-order chi connectivity index (χ1) is 12.6. The third kappa shape index (κ3) is 4.11. The molecule has 0 aliphatic heterocycles. The standard InChI is InChI=1S/C19H19BrFN3O2/c1-2-26-11-5-10-24-17-7-4-3-6-16(17)22-19(24)23-18(25)14-12-13(20)8-9-15(14)21/h3-4,6-9,12H,2,5,10-11H2,1H3,(H,22,23,25). The van der Waals surface area contributed by atoms with Crippen LogP contribution in [0.2, 0.25) is 0 Å². The zero-order valence-corrected chi connectivity index (χ0v) is 15.9. The van der Waals surface area contributed by atoms with Gasteiger partial charge in [0.05, 0.1) is 16.6 Å². The lowest BCUT2D eigenvalue weighted by atomic mass is 10.2. The number of carbonyl (C=O) groups excluding carboxylic acids is 1. The molecule has 0 atom stereocenters. The number of para-hydroxylation sites is 2. The van der Waals surface area contributed by atoms with Crippen molar-refractivity contribution in [1.82, 2.24) is 9.55 Å². The van der Waals surface area contributed by atoms with Gasteiger partial charge in [-0.05, 0) is 43.7 Å². The number of amides is 1. The fourth-order valence-electron chi connectivity index (χ4n) is 2.71. The zero-order valence-electron chi connectivity index (χ0n) is 14.3. The van der Waals surface area contributed by atoms with Crippen molar-refractivity contribution < 1.29 is 13.9 Å².